The zero-order valence-electron chi connectivity index (χ0n) is 21.1. The van der Waals surface area contributed by atoms with E-state index in [-0.39, 0.29) is 5.78 Å². The molecular formula is C32H41FO. The van der Waals surface area contributed by atoms with Crippen LogP contribution in [0.3, 0.4) is 0 Å². The van der Waals surface area contributed by atoms with Crippen molar-refractivity contribution < 1.29 is 9.18 Å². The number of hydrogen-bond donors (Lipinski definition) is 0. The molecule has 0 N–H and O–H groups in total. The SMILES string of the molecule is CCCc1ccc(C2CCC3(CC2)C(=O)C2(CCC(c4ccc(CCC)cc4)CC2)C3F)cc1. The Morgan fingerprint density at radius 2 is 1.03 bits per heavy atom. The zero-order valence-corrected chi connectivity index (χ0v) is 21.1. The molecule has 34 heavy (non-hydrogen) atoms. The molecule has 3 aliphatic rings. The van der Waals surface area contributed by atoms with Crippen LogP contribution in [0.15, 0.2) is 48.5 Å². The number of ketones is 1. The first-order chi connectivity index (χ1) is 16.5. The van der Waals surface area contributed by atoms with Crippen molar-refractivity contribution in [3.05, 3.63) is 70.8 Å². The Morgan fingerprint density at radius 1 is 0.676 bits per heavy atom. The lowest BCUT2D eigenvalue weighted by Gasteiger charge is -2.61. The van der Waals surface area contributed by atoms with Gasteiger partial charge < -0.3 is 0 Å². The summed E-state index contributed by atoms with van der Waals surface area (Å²) in [5.41, 5.74) is 4.19. The highest BCUT2D eigenvalue weighted by Crippen LogP contribution is 2.66. The predicted octanol–water partition coefficient (Wildman–Crippen LogP) is 8.50. The van der Waals surface area contributed by atoms with Gasteiger partial charge >= 0.3 is 0 Å². The van der Waals surface area contributed by atoms with Crippen LogP contribution in [-0.4, -0.2) is 12.0 Å². The number of benzene rings is 2. The van der Waals surface area contributed by atoms with Gasteiger partial charge in [0.1, 0.15) is 6.17 Å². The molecule has 0 heterocycles. The van der Waals surface area contributed by atoms with E-state index in [4.69, 9.17) is 0 Å². The number of carbonyl (C=O) groups excluding carboxylic acids is 1. The maximum atomic E-state index is 16.0. The van der Waals surface area contributed by atoms with E-state index in [1.807, 2.05) is 0 Å². The number of carbonyl (C=O) groups is 1. The van der Waals surface area contributed by atoms with Crippen LogP contribution in [0.4, 0.5) is 4.39 Å². The fourth-order valence-electron chi connectivity index (χ4n) is 7.56. The molecule has 5 rings (SSSR count). The Morgan fingerprint density at radius 3 is 1.32 bits per heavy atom. The van der Waals surface area contributed by atoms with Crippen molar-refractivity contribution in [1.82, 2.24) is 0 Å². The average Bonchev–Trinajstić information content (AvgIpc) is 2.89. The van der Waals surface area contributed by atoms with Gasteiger partial charge in [0.15, 0.2) is 5.78 Å². The normalized spacial score (nSPS) is 33.3. The van der Waals surface area contributed by atoms with E-state index >= 15 is 4.39 Å². The van der Waals surface area contributed by atoms with E-state index in [9.17, 15) is 4.79 Å². The minimum atomic E-state index is -0.937. The molecule has 2 aromatic carbocycles. The first kappa shape index (κ1) is 23.8. The smallest absolute Gasteiger partial charge is 0.151 e. The molecule has 0 radical (unpaired) electrons. The van der Waals surface area contributed by atoms with Gasteiger partial charge in [0.05, 0.1) is 10.8 Å². The van der Waals surface area contributed by atoms with E-state index in [2.05, 4.69) is 62.4 Å². The van der Waals surface area contributed by atoms with Gasteiger partial charge in [0, 0.05) is 0 Å². The molecular weight excluding hydrogens is 419 g/mol. The quantitative estimate of drug-likeness (QED) is 0.422. The third-order valence-corrected chi connectivity index (χ3v) is 9.61. The zero-order chi connectivity index (χ0) is 23.8. The molecule has 2 heteroatoms. The fourth-order valence-corrected chi connectivity index (χ4v) is 7.56. The molecule has 0 aromatic heterocycles. The van der Waals surface area contributed by atoms with Crippen LogP contribution >= 0.6 is 0 Å². The first-order valence-corrected chi connectivity index (χ1v) is 13.9. The maximum absolute atomic E-state index is 16.0. The third-order valence-electron chi connectivity index (χ3n) is 9.61. The second kappa shape index (κ2) is 9.59. The van der Waals surface area contributed by atoms with Crippen molar-refractivity contribution in [3.8, 4) is 0 Å². The fraction of sp³-hybridized carbons (Fsp3) is 0.594. The van der Waals surface area contributed by atoms with Crippen molar-refractivity contribution in [3.63, 3.8) is 0 Å². The van der Waals surface area contributed by atoms with Gasteiger partial charge in [0.25, 0.3) is 0 Å². The van der Waals surface area contributed by atoms with Crippen molar-refractivity contribution in [2.24, 2.45) is 10.8 Å². The highest BCUT2D eigenvalue weighted by molar-refractivity contribution is 5.98. The summed E-state index contributed by atoms with van der Waals surface area (Å²) in [7, 11) is 0. The molecule has 3 saturated carbocycles. The standard InChI is InChI=1S/C32H41FO/c1-3-5-23-7-11-25(12-8-23)27-15-19-31(20-16-27)29(33)32(30(31)34)21-17-28(18-22-32)26-13-9-24(6-4-2)10-14-26/h7-14,27-29H,3-6,15-22H2,1-2H3. The largest absolute Gasteiger partial charge is 0.298 e. The maximum Gasteiger partial charge on any atom is 0.151 e. The van der Waals surface area contributed by atoms with E-state index in [0.717, 1.165) is 64.2 Å². The monoisotopic (exact) mass is 460 g/mol. The van der Waals surface area contributed by atoms with E-state index in [1.54, 1.807) is 0 Å². The van der Waals surface area contributed by atoms with Crippen LogP contribution in [-0.2, 0) is 17.6 Å². The molecule has 0 amide bonds. The van der Waals surface area contributed by atoms with Crippen molar-refractivity contribution in [2.45, 2.75) is 109 Å². The van der Waals surface area contributed by atoms with Crippen LogP contribution in [0.2, 0.25) is 0 Å². The van der Waals surface area contributed by atoms with Gasteiger partial charge in [-0.3, -0.25) is 4.79 Å². The lowest BCUT2D eigenvalue weighted by Crippen LogP contribution is -2.69. The van der Waals surface area contributed by atoms with E-state index < -0.39 is 17.0 Å². The average molecular weight is 461 g/mol. The Hall–Kier alpha value is -1.96. The van der Waals surface area contributed by atoms with Crippen LogP contribution in [0.1, 0.15) is 112 Å². The summed E-state index contributed by atoms with van der Waals surface area (Å²) in [5, 5.41) is 0. The molecule has 3 aliphatic carbocycles. The minimum absolute atomic E-state index is 0.279. The van der Waals surface area contributed by atoms with Crippen molar-refractivity contribution in [2.75, 3.05) is 0 Å². The highest BCUT2D eigenvalue weighted by Gasteiger charge is 2.71. The molecule has 0 unspecified atom stereocenters. The summed E-state index contributed by atoms with van der Waals surface area (Å²) >= 11 is 0. The Kier molecular flexibility index (Phi) is 6.70. The lowest BCUT2D eigenvalue weighted by molar-refractivity contribution is -0.191. The second-order valence-electron chi connectivity index (χ2n) is 11.5. The molecule has 0 bridgehead atoms. The van der Waals surface area contributed by atoms with Crippen LogP contribution in [0.25, 0.3) is 0 Å². The molecule has 182 valence electrons. The van der Waals surface area contributed by atoms with Crippen LogP contribution in [0, 0.1) is 10.8 Å². The molecule has 2 aromatic rings. The molecule has 0 aliphatic heterocycles. The van der Waals surface area contributed by atoms with Gasteiger partial charge in [-0.25, -0.2) is 4.39 Å². The highest BCUT2D eigenvalue weighted by atomic mass is 19.1. The Bertz CT molecular complexity index is 893. The predicted molar refractivity (Wildman–Crippen MR) is 138 cm³/mol. The minimum Gasteiger partial charge on any atom is -0.298 e. The van der Waals surface area contributed by atoms with Crippen LogP contribution in [0.5, 0.6) is 0 Å². The number of halogens is 1. The van der Waals surface area contributed by atoms with Gasteiger partial charge in [-0.1, -0.05) is 75.2 Å². The molecule has 0 atom stereocenters. The van der Waals surface area contributed by atoms with Gasteiger partial charge in [-0.05, 0) is 98.3 Å². The molecule has 1 nitrogen and oxygen atoms in total. The third kappa shape index (κ3) is 3.95. The molecule has 3 fully saturated rings. The summed E-state index contributed by atoms with van der Waals surface area (Å²) in [5.74, 6) is 1.23. The van der Waals surface area contributed by atoms with Crippen LogP contribution < -0.4 is 0 Å². The summed E-state index contributed by atoms with van der Waals surface area (Å²) in [4.78, 5) is 13.6. The van der Waals surface area contributed by atoms with Crippen molar-refractivity contribution >= 4 is 5.78 Å². The summed E-state index contributed by atoms with van der Waals surface area (Å²) in [6.45, 7) is 4.42. The summed E-state index contributed by atoms with van der Waals surface area (Å²) < 4.78 is 16.0. The molecule has 2 spiro atoms. The Balaban J connectivity index is 1.19. The number of rotatable bonds is 6. The number of Topliss-reactive ketones (excluding diaryl/α,β-unsaturated/α-hetero) is 1. The summed E-state index contributed by atoms with van der Waals surface area (Å²) in [6.07, 6.45) is 10.4. The Labute approximate surface area is 205 Å². The summed E-state index contributed by atoms with van der Waals surface area (Å²) in [6, 6.07) is 18.1. The second-order valence-corrected chi connectivity index (χ2v) is 11.5. The van der Waals surface area contributed by atoms with Gasteiger partial charge in [-0.2, -0.15) is 0 Å². The van der Waals surface area contributed by atoms with Gasteiger partial charge in [-0.15, -0.1) is 0 Å². The van der Waals surface area contributed by atoms with E-state index in [1.165, 1.54) is 35.1 Å². The molecule has 0 saturated heterocycles. The lowest BCUT2D eigenvalue weighted by atomic mass is 9.41. The van der Waals surface area contributed by atoms with E-state index in [0.29, 0.717) is 11.8 Å². The number of alkyl halides is 1. The van der Waals surface area contributed by atoms with Crippen molar-refractivity contribution in [1.29, 1.82) is 0 Å². The van der Waals surface area contributed by atoms with Gasteiger partial charge in [0.2, 0.25) is 0 Å². The first-order valence-electron chi connectivity index (χ1n) is 13.9. The number of aryl methyl sites for hydroxylation is 2. The topological polar surface area (TPSA) is 17.1 Å². The number of hydrogen-bond acceptors (Lipinski definition) is 1.